The van der Waals surface area contributed by atoms with Gasteiger partial charge in [0.1, 0.15) is 0 Å². The number of hydrogen-bond acceptors (Lipinski definition) is 3. The maximum absolute atomic E-state index is 8.64. The summed E-state index contributed by atoms with van der Waals surface area (Å²) >= 11 is 0. The number of nitriles is 1. The van der Waals surface area contributed by atoms with Crippen LogP contribution in [0.5, 0.6) is 0 Å². The Hall–Kier alpha value is -0.590. The lowest BCUT2D eigenvalue weighted by Gasteiger charge is -2.21. The van der Waals surface area contributed by atoms with Crippen molar-refractivity contribution in [2.24, 2.45) is 17.6 Å². The molecule has 16 heavy (non-hydrogen) atoms. The largest absolute Gasteiger partial charge is 0.316 e. The number of likely N-dealkylation sites (tertiary alicyclic amines) is 1. The van der Waals surface area contributed by atoms with Crippen LogP contribution < -0.4 is 5.73 Å². The van der Waals surface area contributed by atoms with E-state index in [-0.39, 0.29) is 6.04 Å². The van der Waals surface area contributed by atoms with E-state index in [1.54, 1.807) is 0 Å². The van der Waals surface area contributed by atoms with Gasteiger partial charge >= 0.3 is 0 Å². The zero-order valence-electron chi connectivity index (χ0n) is 10.7. The quantitative estimate of drug-likeness (QED) is 0.793. The third kappa shape index (κ3) is 4.51. The van der Waals surface area contributed by atoms with Crippen LogP contribution in [-0.4, -0.2) is 30.6 Å². The average molecular weight is 223 g/mol. The van der Waals surface area contributed by atoms with Crippen LogP contribution in [0.1, 0.15) is 39.5 Å². The molecule has 1 fully saturated rings. The van der Waals surface area contributed by atoms with Crippen molar-refractivity contribution in [3.05, 3.63) is 0 Å². The van der Waals surface area contributed by atoms with Crippen molar-refractivity contribution in [2.75, 3.05) is 19.6 Å². The fourth-order valence-corrected chi connectivity index (χ4v) is 2.46. The third-order valence-corrected chi connectivity index (χ3v) is 3.73. The summed E-state index contributed by atoms with van der Waals surface area (Å²) in [5.41, 5.74) is 5.62. The van der Waals surface area contributed by atoms with Crippen LogP contribution in [0.2, 0.25) is 0 Å². The van der Waals surface area contributed by atoms with Gasteiger partial charge in [0.15, 0.2) is 0 Å². The smallest absolute Gasteiger partial charge is 0.0940 e. The van der Waals surface area contributed by atoms with Crippen molar-refractivity contribution in [3.8, 4) is 6.07 Å². The fourth-order valence-electron chi connectivity index (χ4n) is 2.46. The second-order valence-corrected chi connectivity index (χ2v) is 5.30. The van der Waals surface area contributed by atoms with Gasteiger partial charge in [0.05, 0.1) is 12.1 Å². The van der Waals surface area contributed by atoms with Gasteiger partial charge in [-0.3, -0.25) is 0 Å². The summed E-state index contributed by atoms with van der Waals surface area (Å²) in [7, 11) is 0. The highest BCUT2D eigenvalue weighted by molar-refractivity contribution is 4.87. The zero-order valence-corrected chi connectivity index (χ0v) is 10.7. The highest BCUT2D eigenvalue weighted by Gasteiger charge is 2.19. The molecule has 3 heteroatoms. The highest BCUT2D eigenvalue weighted by atomic mass is 15.1. The van der Waals surface area contributed by atoms with E-state index in [0.717, 1.165) is 24.8 Å². The molecule has 1 aliphatic rings. The SMILES string of the molecule is CC(C)C1CCCN(CCC(N)C#N)CC1. The molecule has 92 valence electrons. The number of rotatable bonds is 4. The van der Waals surface area contributed by atoms with Crippen molar-refractivity contribution in [1.29, 1.82) is 5.26 Å². The van der Waals surface area contributed by atoms with Gasteiger partial charge in [0.25, 0.3) is 0 Å². The van der Waals surface area contributed by atoms with Crippen molar-refractivity contribution >= 4 is 0 Å². The van der Waals surface area contributed by atoms with E-state index >= 15 is 0 Å². The predicted octanol–water partition coefficient (Wildman–Crippen LogP) is 1.99. The maximum Gasteiger partial charge on any atom is 0.0940 e. The molecular weight excluding hydrogens is 198 g/mol. The zero-order chi connectivity index (χ0) is 12.0. The van der Waals surface area contributed by atoms with E-state index in [4.69, 9.17) is 11.0 Å². The average Bonchev–Trinajstić information content (AvgIpc) is 2.51. The summed E-state index contributed by atoms with van der Waals surface area (Å²) in [6, 6.07) is 1.81. The maximum atomic E-state index is 8.64. The van der Waals surface area contributed by atoms with Gasteiger partial charge in [-0.05, 0) is 50.6 Å². The molecule has 0 amide bonds. The van der Waals surface area contributed by atoms with Crippen LogP contribution in [0.25, 0.3) is 0 Å². The van der Waals surface area contributed by atoms with E-state index < -0.39 is 0 Å². The lowest BCUT2D eigenvalue weighted by atomic mass is 9.89. The summed E-state index contributed by atoms with van der Waals surface area (Å²) in [5.74, 6) is 1.69. The van der Waals surface area contributed by atoms with Crippen LogP contribution >= 0.6 is 0 Å². The molecule has 0 aromatic carbocycles. The van der Waals surface area contributed by atoms with Gasteiger partial charge in [-0.25, -0.2) is 0 Å². The monoisotopic (exact) mass is 223 g/mol. The van der Waals surface area contributed by atoms with Crippen LogP contribution in [0, 0.1) is 23.2 Å². The molecule has 0 bridgehead atoms. The first-order valence-corrected chi connectivity index (χ1v) is 6.51. The summed E-state index contributed by atoms with van der Waals surface area (Å²) in [6.07, 6.45) is 4.77. The molecule has 2 N–H and O–H groups in total. The molecule has 0 saturated carbocycles. The first-order valence-electron chi connectivity index (χ1n) is 6.51. The first kappa shape index (κ1) is 13.5. The molecular formula is C13H25N3. The summed E-state index contributed by atoms with van der Waals surface area (Å²) in [6.45, 7) is 8.00. The Balaban J connectivity index is 2.28. The minimum absolute atomic E-state index is 0.288. The topological polar surface area (TPSA) is 53.0 Å². The van der Waals surface area contributed by atoms with E-state index in [1.165, 1.54) is 32.4 Å². The number of hydrogen-bond donors (Lipinski definition) is 1. The molecule has 1 aliphatic heterocycles. The number of nitrogens with zero attached hydrogens (tertiary/aromatic N) is 2. The Morgan fingerprint density at radius 3 is 2.75 bits per heavy atom. The molecule has 1 saturated heterocycles. The third-order valence-electron chi connectivity index (χ3n) is 3.73. The van der Waals surface area contributed by atoms with E-state index in [0.29, 0.717) is 0 Å². The molecule has 0 aromatic heterocycles. The molecule has 0 spiro atoms. The molecule has 2 unspecified atom stereocenters. The Bertz CT molecular complexity index is 232. The Kier molecular flexibility index (Phi) is 5.79. The standard InChI is InChI=1S/C13H25N3/c1-11(2)12-4-3-7-16(8-5-12)9-6-13(15)10-14/h11-13H,3-9,15H2,1-2H3. The highest BCUT2D eigenvalue weighted by Crippen LogP contribution is 2.24. The first-order chi connectivity index (χ1) is 7.63. The van der Waals surface area contributed by atoms with Gasteiger partial charge in [0.2, 0.25) is 0 Å². The van der Waals surface area contributed by atoms with Crippen molar-refractivity contribution in [1.82, 2.24) is 4.90 Å². The van der Waals surface area contributed by atoms with Gasteiger partial charge in [-0.1, -0.05) is 13.8 Å². The molecule has 0 radical (unpaired) electrons. The number of nitrogens with two attached hydrogens (primary N) is 1. The lowest BCUT2D eigenvalue weighted by molar-refractivity contribution is 0.266. The van der Waals surface area contributed by atoms with E-state index in [9.17, 15) is 0 Å². The predicted molar refractivity (Wildman–Crippen MR) is 66.8 cm³/mol. The second-order valence-electron chi connectivity index (χ2n) is 5.30. The summed E-state index contributed by atoms with van der Waals surface area (Å²) in [5, 5.41) is 8.64. The van der Waals surface area contributed by atoms with Crippen molar-refractivity contribution in [2.45, 2.75) is 45.6 Å². The van der Waals surface area contributed by atoms with Gasteiger partial charge in [-0.2, -0.15) is 5.26 Å². The van der Waals surface area contributed by atoms with Gasteiger partial charge in [0, 0.05) is 6.54 Å². The Morgan fingerprint density at radius 2 is 2.12 bits per heavy atom. The second kappa shape index (κ2) is 6.88. The Morgan fingerprint density at radius 1 is 1.38 bits per heavy atom. The van der Waals surface area contributed by atoms with Crippen LogP contribution in [0.3, 0.4) is 0 Å². The molecule has 0 aliphatic carbocycles. The van der Waals surface area contributed by atoms with Crippen LogP contribution in [0.15, 0.2) is 0 Å². The summed E-state index contributed by atoms with van der Waals surface area (Å²) < 4.78 is 0. The minimum Gasteiger partial charge on any atom is -0.316 e. The molecule has 1 rings (SSSR count). The normalized spacial score (nSPS) is 25.1. The Labute approximate surface area is 99.6 Å². The lowest BCUT2D eigenvalue weighted by Crippen LogP contribution is -2.30. The van der Waals surface area contributed by atoms with E-state index in [2.05, 4.69) is 24.8 Å². The fraction of sp³-hybridized carbons (Fsp3) is 0.923. The van der Waals surface area contributed by atoms with Crippen molar-refractivity contribution in [3.63, 3.8) is 0 Å². The van der Waals surface area contributed by atoms with Gasteiger partial charge < -0.3 is 10.6 Å². The summed E-state index contributed by atoms with van der Waals surface area (Å²) in [4.78, 5) is 2.47. The molecule has 3 nitrogen and oxygen atoms in total. The minimum atomic E-state index is -0.288. The molecule has 0 aromatic rings. The molecule has 2 atom stereocenters. The van der Waals surface area contributed by atoms with Crippen molar-refractivity contribution < 1.29 is 0 Å². The van der Waals surface area contributed by atoms with Crippen LogP contribution in [-0.2, 0) is 0 Å². The molecule has 1 heterocycles. The van der Waals surface area contributed by atoms with Gasteiger partial charge in [-0.15, -0.1) is 0 Å². The van der Waals surface area contributed by atoms with E-state index in [1.807, 2.05) is 0 Å². The van der Waals surface area contributed by atoms with Crippen LogP contribution in [0.4, 0.5) is 0 Å².